The monoisotopic (exact) mass is 324 g/mol. The van der Waals surface area contributed by atoms with Gasteiger partial charge >= 0.3 is 0 Å². The summed E-state index contributed by atoms with van der Waals surface area (Å²) < 4.78 is 56.7. The van der Waals surface area contributed by atoms with Crippen LogP contribution in [0, 0.1) is 5.92 Å². The fourth-order valence-electron chi connectivity index (χ4n) is 3.67. The van der Waals surface area contributed by atoms with Crippen molar-refractivity contribution >= 4 is 20.0 Å². The van der Waals surface area contributed by atoms with Crippen LogP contribution in [0.2, 0.25) is 0 Å². The minimum Gasteiger partial charge on any atom is -0.285 e. The number of hydrogen-bond donors (Lipinski definition) is 1. The molecule has 1 N–H and O–H groups in total. The van der Waals surface area contributed by atoms with Crippen LogP contribution in [0.4, 0.5) is 0 Å². The average Bonchev–Trinajstić information content (AvgIpc) is 2.39. The molecule has 1 atom stereocenters. The second-order valence-corrected chi connectivity index (χ2v) is 10.3. The van der Waals surface area contributed by atoms with Gasteiger partial charge in [-0.3, -0.25) is 4.55 Å². The molecule has 20 heavy (non-hydrogen) atoms. The average molecular weight is 324 g/mol. The first-order valence-electron chi connectivity index (χ1n) is 7.52. The Bertz CT molecular complexity index is 511. The van der Waals surface area contributed by atoms with Crippen molar-refractivity contribution in [3.05, 3.63) is 0 Å². The van der Waals surface area contributed by atoms with E-state index in [1.54, 1.807) is 0 Å². The maximum absolute atomic E-state index is 12.7. The Morgan fingerprint density at radius 2 is 1.20 bits per heavy atom. The van der Waals surface area contributed by atoms with Crippen LogP contribution in [0.15, 0.2) is 0 Å². The molecule has 0 aromatic carbocycles. The van der Waals surface area contributed by atoms with Gasteiger partial charge in [-0.2, -0.15) is 8.42 Å². The zero-order valence-electron chi connectivity index (χ0n) is 11.7. The SMILES string of the molecule is O=S(=O)(O)C(C1CCCCC1)S(=O)(=O)C1CCCCC1. The molecule has 0 spiro atoms. The Morgan fingerprint density at radius 1 is 0.750 bits per heavy atom. The van der Waals surface area contributed by atoms with Gasteiger partial charge in [0.05, 0.1) is 5.25 Å². The van der Waals surface area contributed by atoms with Crippen molar-refractivity contribution in [1.82, 2.24) is 0 Å². The molecule has 0 amide bonds. The Labute approximate surface area is 121 Å². The van der Waals surface area contributed by atoms with Gasteiger partial charge in [-0.25, -0.2) is 8.42 Å². The van der Waals surface area contributed by atoms with Gasteiger partial charge in [-0.1, -0.05) is 38.5 Å². The minimum atomic E-state index is -4.56. The van der Waals surface area contributed by atoms with Gasteiger partial charge in [0.2, 0.25) is 0 Å². The van der Waals surface area contributed by atoms with Crippen molar-refractivity contribution in [2.24, 2.45) is 5.92 Å². The van der Waals surface area contributed by atoms with E-state index in [2.05, 4.69) is 0 Å². The number of rotatable bonds is 4. The molecule has 5 nitrogen and oxygen atoms in total. The molecule has 1 unspecified atom stereocenters. The van der Waals surface area contributed by atoms with E-state index in [1.807, 2.05) is 0 Å². The molecule has 0 saturated heterocycles. The van der Waals surface area contributed by atoms with Gasteiger partial charge in [0.15, 0.2) is 14.4 Å². The maximum Gasteiger partial charge on any atom is 0.282 e. The van der Waals surface area contributed by atoms with Crippen LogP contribution in [0.25, 0.3) is 0 Å². The number of sulfone groups is 1. The second kappa shape index (κ2) is 6.32. The fourth-order valence-corrected chi connectivity index (χ4v) is 8.43. The van der Waals surface area contributed by atoms with Crippen LogP contribution in [0.3, 0.4) is 0 Å². The molecule has 0 radical (unpaired) electrons. The zero-order chi connectivity index (χ0) is 14.8. The van der Waals surface area contributed by atoms with E-state index < -0.39 is 35.7 Å². The van der Waals surface area contributed by atoms with Crippen LogP contribution < -0.4 is 0 Å². The van der Waals surface area contributed by atoms with Crippen LogP contribution in [0.1, 0.15) is 64.2 Å². The third kappa shape index (κ3) is 3.54. The van der Waals surface area contributed by atoms with Crippen molar-refractivity contribution in [2.45, 2.75) is 74.0 Å². The number of hydrogen-bond acceptors (Lipinski definition) is 4. The highest BCUT2D eigenvalue weighted by Crippen LogP contribution is 2.36. The molecule has 118 valence electrons. The standard InChI is InChI=1S/C13H24O5S2/c14-19(15,12-9-5-2-6-10-12)13(20(16,17)18)11-7-3-1-4-8-11/h11-13H,1-10H2,(H,16,17,18). The molecule has 2 saturated carbocycles. The van der Waals surface area contributed by atoms with Gasteiger partial charge in [-0.15, -0.1) is 0 Å². The van der Waals surface area contributed by atoms with E-state index in [1.165, 1.54) is 0 Å². The molecule has 0 bridgehead atoms. The lowest BCUT2D eigenvalue weighted by Gasteiger charge is -2.32. The van der Waals surface area contributed by atoms with Crippen molar-refractivity contribution in [1.29, 1.82) is 0 Å². The summed E-state index contributed by atoms with van der Waals surface area (Å²) in [4.78, 5) is 0. The van der Waals surface area contributed by atoms with Crippen LogP contribution >= 0.6 is 0 Å². The minimum absolute atomic E-state index is 0.439. The molecule has 7 heteroatoms. The highest BCUT2D eigenvalue weighted by atomic mass is 32.3. The van der Waals surface area contributed by atoms with Crippen molar-refractivity contribution < 1.29 is 21.4 Å². The molecular weight excluding hydrogens is 300 g/mol. The first kappa shape index (κ1) is 16.2. The molecule has 0 aromatic rings. The molecule has 2 fully saturated rings. The Kier molecular flexibility index (Phi) is 5.13. The summed E-state index contributed by atoms with van der Waals surface area (Å²) in [5.41, 5.74) is 0. The summed E-state index contributed by atoms with van der Waals surface area (Å²) >= 11 is 0. The highest BCUT2D eigenvalue weighted by molar-refractivity contribution is 8.07. The first-order chi connectivity index (χ1) is 9.33. The Hall–Kier alpha value is -0.140. The van der Waals surface area contributed by atoms with E-state index in [9.17, 15) is 21.4 Å². The van der Waals surface area contributed by atoms with E-state index in [-0.39, 0.29) is 0 Å². The lowest BCUT2D eigenvalue weighted by Crippen LogP contribution is -2.43. The molecule has 0 aromatic heterocycles. The summed E-state index contributed by atoms with van der Waals surface area (Å²) in [5, 5.41) is -0.592. The molecule has 0 heterocycles. The summed E-state index contributed by atoms with van der Waals surface area (Å²) in [6.45, 7) is 0. The molecule has 0 aliphatic heterocycles. The van der Waals surface area contributed by atoms with Gasteiger partial charge in [0, 0.05) is 0 Å². The van der Waals surface area contributed by atoms with Crippen molar-refractivity contribution in [3.63, 3.8) is 0 Å². The summed E-state index contributed by atoms with van der Waals surface area (Å²) in [6.07, 6.45) is 7.58. The van der Waals surface area contributed by atoms with Gasteiger partial charge in [0.1, 0.15) is 0 Å². The van der Waals surface area contributed by atoms with Crippen molar-refractivity contribution in [2.75, 3.05) is 0 Å². The molecule has 2 rings (SSSR count). The Morgan fingerprint density at radius 3 is 1.65 bits per heavy atom. The predicted octanol–water partition coefficient (Wildman–Crippen LogP) is 2.53. The lowest BCUT2D eigenvalue weighted by atomic mass is 9.91. The van der Waals surface area contributed by atoms with E-state index in [0.717, 1.165) is 38.5 Å². The van der Waals surface area contributed by atoms with E-state index in [4.69, 9.17) is 0 Å². The topological polar surface area (TPSA) is 88.5 Å². The normalized spacial score (nSPS) is 25.4. The zero-order valence-corrected chi connectivity index (χ0v) is 13.3. The summed E-state index contributed by atoms with van der Waals surface area (Å²) in [6, 6.07) is 0. The van der Waals surface area contributed by atoms with E-state index in [0.29, 0.717) is 25.7 Å². The van der Waals surface area contributed by atoms with Crippen molar-refractivity contribution in [3.8, 4) is 0 Å². The fraction of sp³-hybridized carbons (Fsp3) is 1.00. The van der Waals surface area contributed by atoms with Gasteiger partial charge in [-0.05, 0) is 31.6 Å². The van der Waals surface area contributed by atoms with Gasteiger partial charge in [0.25, 0.3) is 10.1 Å². The van der Waals surface area contributed by atoms with Gasteiger partial charge < -0.3 is 0 Å². The predicted molar refractivity (Wildman–Crippen MR) is 77.7 cm³/mol. The van der Waals surface area contributed by atoms with Crippen LogP contribution in [-0.4, -0.2) is 31.2 Å². The quantitative estimate of drug-likeness (QED) is 0.803. The molecular formula is C13H24O5S2. The third-order valence-electron chi connectivity index (χ3n) is 4.67. The highest BCUT2D eigenvalue weighted by Gasteiger charge is 2.46. The summed E-state index contributed by atoms with van der Waals surface area (Å²) in [7, 11) is -8.38. The Balaban J connectivity index is 2.29. The third-order valence-corrected chi connectivity index (χ3v) is 9.61. The summed E-state index contributed by atoms with van der Waals surface area (Å²) in [5.74, 6) is -0.439. The smallest absolute Gasteiger partial charge is 0.282 e. The second-order valence-electron chi connectivity index (χ2n) is 6.13. The first-order valence-corrected chi connectivity index (χ1v) is 10.6. The molecule has 2 aliphatic rings. The maximum atomic E-state index is 12.7. The van der Waals surface area contributed by atoms with E-state index >= 15 is 0 Å². The van der Waals surface area contributed by atoms with Crippen LogP contribution in [0.5, 0.6) is 0 Å². The molecule has 2 aliphatic carbocycles. The lowest BCUT2D eigenvalue weighted by molar-refractivity contribution is 0.352. The van der Waals surface area contributed by atoms with Crippen LogP contribution in [-0.2, 0) is 20.0 Å². The largest absolute Gasteiger partial charge is 0.285 e.